The molecule has 5 heteroatoms. The van der Waals surface area contributed by atoms with E-state index in [-0.39, 0.29) is 11.6 Å². The van der Waals surface area contributed by atoms with Gasteiger partial charge in [0.1, 0.15) is 0 Å². The molecule has 0 radical (unpaired) electrons. The number of rotatable bonds is 5. The van der Waals surface area contributed by atoms with Crippen molar-refractivity contribution in [1.82, 2.24) is 5.32 Å². The lowest BCUT2D eigenvalue weighted by molar-refractivity contribution is -0.137. The highest BCUT2D eigenvalue weighted by Crippen LogP contribution is 2.31. The number of halogens is 3. The molecule has 0 aliphatic carbocycles. The van der Waals surface area contributed by atoms with Crippen LogP contribution in [0.4, 0.5) is 13.2 Å². The van der Waals surface area contributed by atoms with Crippen molar-refractivity contribution in [1.29, 1.82) is 0 Å². The Morgan fingerprint density at radius 1 is 1.15 bits per heavy atom. The normalized spacial score (nSPS) is 13.3. The molecule has 1 rings (SSSR count). The quantitative estimate of drug-likeness (QED) is 0.861. The molecule has 20 heavy (non-hydrogen) atoms. The van der Waals surface area contributed by atoms with E-state index < -0.39 is 17.6 Å². The molecule has 0 fully saturated rings. The highest BCUT2D eigenvalue weighted by molar-refractivity contribution is 5.96. The van der Waals surface area contributed by atoms with E-state index in [9.17, 15) is 18.0 Å². The zero-order valence-electron chi connectivity index (χ0n) is 11.9. The van der Waals surface area contributed by atoms with Crippen LogP contribution in [-0.2, 0) is 6.18 Å². The predicted molar refractivity (Wildman–Crippen MR) is 72.4 cm³/mol. The molecule has 0 heterocycles. The van der Waals surface area contributed by atoms with E-state index in [4.69, 9.17) is 0 Å². The summed E-state index contributed by atoms with van der Waals surface area (Å²) in [6.45, 7) is 5.93. The molecular formula is C15H20F3NO. The highest BCUT2D eigenvalue weighted by Gasteiger charge is 2.34. The molecule has 2 nitrogen and oxygen atoms in total. The average Bonchev–Trinajstić information content (AvgIpc) is 2.35. The van der Waals surface area contributed by atoms with Gasteiger partial charge in [-0.15, -0.1) is 0 Å². The second kappa shape index (κ2) is 6.77. The Morgan fingerprint density at radius 3 is 2.30 bits per heavy atom. The summed E-state index contributed by atoms with van der Waals surface area (Å²) in [6.07, 6.45) is -2.85. The van der Waals surface area contributed by atoms with Gasteiger partial charge in [0.2, 0.25) is 0 Å². The average molecular weight is 287 g/mol. The minimum Gasteiger partial charge on any atom is -0.350 e. The van der Waals surface area contributed by atoms with E-state index in [1.54, 1.807) is 6.92 Å². The van der Waals surface area contributed by atoms with Gasteiger partial charge in [0, 0.05) is 6.04 Å². The number of carbonyl (C=O) groups excluding carboxylic acids is 1. The van der Waals surface area contributed by atoms with Crippen LogP contribution in [0, 0.1) is 5.92 Å². The molecule has 1 unspecified atom stereocenters. The number of alkyl halides is 3. The van der Waals surface area contributed by atoms with Crippen LogP contribution in [0.2, 0.25) is 0 Å². The first-order valence-electron chi connectivity index (χ1n) is 6.69. The molecule has 1 N–H and O–H groups in total. The summed E-state index contributed by atoms with van der Waals surface area (Å²) in [5.41, 5.74) is -1.22. The molecule has 1 aromatic rings. The lowest BCUT2D eigenvalue weighted by Gasteiger charge is -2.17. The van der Waals surface area contributed by atoms with Crippen LogP contribution >= 0.6 is 0 Å². The summed E-state index contributed by atoms with van der Waals surface area (Å²) in [7, 11) is 0. The Kier molecular flexibility index (Phi) is 5.60. The lowest BCUT2D eigenvalue weighted by atomic mass is 10.0. The zero-order chi connectivity index (χ0) is 15.3. The summed E-state index contributed by atoms with van der Waals surface area (Å²) >= 11 is 0. The van der Waals surface area contributed by atoms with Crippen molar-refractivity contribution < 1.29 is 18.0 Å². The van der Waals surface area contributed by atoms with Gasteiger partial charge in [0.05, 0.1) is 11.1 Å². The number of nitrogens with one attached hydrogen (secondary N) is 1. The van der Waals surface area contributed by atoms with Crippen LogP contribution < -0.4 is 5.32 Å². The molecule has 0 spiro atoms. The van der Waals surface area contributed by atoms with Gasteiger partial charge >= 0.3 is 6.18 Å². The van der Waals surface area contributed by atoms with Gasteiger partial charge in [-0.3, -0.25) is 4.79 Å². The third-order valence-electron chi connectivity index (χ3n) is 3.03. The fourth-order valence-electron chi connectivity index (χ4n) is 1.89. The van der Waals surface area contributed by atoms with Crippen LogP contribution in [0.3, 0.4) is 0 Å². The van der Waals surface area contributed by atoms with E-state index in [1.807, 2.05) is 0 Å². The minimum atomic E-state index is -4.52. The lowest BCUT2D eigenvalue weighted by Crippen LogP contribution is -2.34. The van der Waals surface area contributed by atoms with E-state index in [0.717, 1.165) is 18.9 Å². The first kappa shape index (κ1) is 16.5. The summed E-state index contributed by atoms with van der Waals surface area (Å²) in [5.74, 6) is -0.175. The second-order valence-electron chi connectivity index (χ2n) is 5.39. The molecule has 0 aliphatic rings. The first-order valence-corrected chi connectivity index (χ1v) is 6.69. The maximum Gasteiger partial charge on any atom is 0.417 e. The molecule has 1 atom stereocenters. The van der Waals surface area contributed by atoms with Gasteiger partial charge in [-0.25, -0.2) is 0 Å². The second-order valence-corrected chi connectivity index (χ2v) is 5.39. The Hall–Kier alpha value is -1.52. The summed E-state index contributed by atoms with van der Waals surface area (Å²) < 4.78 is 38.5. The molecule has 1 aromatic carbocycles. The Labute approximate surface area is 117 Å². The molecule has 0 aliphatic heterocycles. The minimum absolute atomic E-state index is 0.147. The molecule has 0 saturated heterocycles. The van der Waals surface area contributed by atoms with E-state index in [1.165, 1.54) is 18.2 Å². The number of carbonyl (C=O) groups is 1. The molecule has 1 amide bonds. The van der Waals surface area contributed by atoms with Crippen molar-refractivity contribution in [3.63, 3.8) is 0 Å². The van der Waals surface area contributed by atoms with Crippen molar-refractivity contribution in [2.45, 2.75) is 45.8 Å². The maximum absolute atomic E-state index is 12.8. The number of amides is 1. The van der Waals surface area contributed by atoms with Crippen LogP contribution in [-0.4, -0.2) is 11.9 Å². The Balaban J connectivity index is 2.78. The van der Waals surface area contributed by atoms with Gasteiger partial charge < -0.3 is 5.32 Å². The van der Waals surface area contributed by atoms with Crippen molar-refractivity contribution in [2.24, 2.45) is 5.92 Å². The molecule has 112 valence electrons. The van der Waals surface area contributed by atoms with Gasteiger partial charge in [0.15, 0.2) is 0 Å². The topological polar surface area (TPSA) is 29.1 Å². The highest BCUT2D eigenvalue weighted by atomic mass is 19.4. The molecule has 0 bridgehead atoms. The van der Waals surface area contributed by atoms with Crippen LogP contribution in [0.25, 0.3) is 0 Å². The fraction of sp³-hybridized carbons (Fsp3) is 0.533. The van der Waals surface area contributed by atoms with Gasteiger partial charge in [-0.2, -0.15) is 13.2 Å². The smallest absolute Gasteiger partial charge is 0.350 e. The van der Waals surface area contributed by atoms with Crippen LogP contribution in [0.1, 0.15) is 49.5 Å². The summed E-state index contributed by atoms with van der Waals surface area (Å²) in [5, 5.41) is 2.63. The van der Waals surface area contributed by atoms with E-state index in [0.29, 0.717) is 5.92 Å². The van der Waals surface area contributed by atoms with E-state index >= 15 is 0 Å². The van der Waals surface area contributed by atoms with Crippen molar-refractivity contribution in [3.8, 4) is 0 Å². The van der Waals surface area contributed by atoms with Crippen molar-refractivity contribution in [3.05, 3.63) is 35.4 Å². The number of benzene rings is 1. The maximum atomic E-state index is 12.8. The van der Waals surface area contributed by atoms with Crippen LogP contribution in [0.5, 0.6) is 0 Å². The van der Waals surface area contributed by atoms with Crippen LogP contribution in [0.15, 0.2) is 24.3 Å². The van der Waals surface area contributed by atoms with Crippen molar-refractivity contribution >= 4 is 5.91 Å². The largest absolute Gasteiger partial charge is 0.417 e. The molecule has 0 aromatic heterocycles. The third kappa shape index (κ3) is 4.87. The monoisotopic (exact) mass is 287 g/mol. The van der Waals surface area contributed by atoms with Gasteiger partial charge in [-0.05, 0) is 37.8 Å². The summed E-state index contributed by atoms with van der Waals surface area (Å²) in [6, 6.07) is 4.69. The fourth-order valence-corrected chi connectivity index (χ4v) is 1.89. The van der Waals surface area contributed by atoms with Crippen molar-refractivity contribution in [2.75, 3.05) is 0 Å². The Morgan fingerprint density at radius 2 is 1.75 bits per heavy atom. The third-order valence-corrected chi connectivity index (χ3v) is 3.03. The van der Waals surface area contributed by atoms with Gasteiger partial charge in [0.25, 0.3) is 5.91 Å². The van der Waals surface area contributed by atoms with E-state index in [2.05, 4.69) is 19.2 Å². The summed E-state index contributed by atoms with van der Waals surface area (Å²) in [4.78, 5) is 12.0. The standard InChI is InChI=1S/C15H20F3NO/c1-10(2)8-9-11(3)19-14(20)12-6-4-5-7-13(12)15(16,17)18/h4-7,10-11H,8-9H2,1-3H3,(H,19,20). The zero-order valence-corrected chi connectivity index (χ0v) is 11.9. The predicted octanol–water partition coefficient (Wildman–Crippen LogP) is 4.26. The number of hydrogen-bond donors (Lipinski definition) is 1. The molecular weight excluding hydrogens is 267 g/mol. The Bertz CT molecular complexity index is 455. The SMILES string of the molecule is CC(C)CCC(C)NC(=O)c1ccccc1C(F)(F)F. The molecule has 0 saturated carbocycles. The number of hydrogen-bond acceptors (Lipinski definition) is 1. The first-order chi connectivity index (χ1) is 9.21. The van der Waals surface area contributed by atoms with Gasteiger partial charge in [-0.1, -0.05) is 26.0 Å².